The number of ether oxygens (including phenoxy) is 1. The molecule has 0 saturated carbocycles. The molecule has 0 aromatic heterocycles. The van der Waals surface area contributed by atoms with E-state index in [2.05, 4.69) is 5.32 Å². The molecule has 0 unspecified atom stereocenters. The Morgan fingerprint density at radius 2 is 2.00 bits per heavy atom. The molecule has 112 valence electrons. The van der Waals surface area contributed by atoms with Gasteiger partial charge < -0.3 is 15.0 Å². The topological polar surface area (TPSA) is 41.6 Å². The zero-order valence-electron chi connectivity index (χ0n) is 11.5. The summed E-state index contributed by atoms with van der Waals surface area (Å²) >= 11 is 0. The lowest BCUT2D eigenvalue weighted by molar-refractivity contribution is -0.133. The van der Waals surface area contributed by atoms with Crippen LogP contribution in [-0.2, 0) is 4.74 Å². The Morgan fingerprint density at radius 3 is 2.53 bits per heavy atom. The smallest absolute Gasteiger partial charge is 0.410 e. The van der Waals surface area contributed by atoms with E-state index in [1.165, 1.54) is 4.90 Å². The lowest BCUT2D eigenvalue weighted by Gasteiger charge is -2.24. The first kappa shape index (κ1) is 16.1. The predicted molar refractivity (Wildman–Crippen MR) is 64.9 cm³/mol. The van der Waals surface area contributed by atoms with Crippen LogP contribution in [0.2, 0.25) is 0 Å². The number of rotatable bonds is 3. The van der Waals surface area contributed by atoms with Crippen molar-refractivity contribution in [2.24, 2.45) is 0 Å². The summed E-state index contributed by atoms with van der Waals surface area (Å²) in [4.78, 5) is 13.3. The van der Waals surface area contributed by atoms with E-state index in [0.29, 0.717) is 19.5 Å². The molecule has 0 aliphatic carbocycles. The largest absolute Gasteiger partial charge is 0.444 e. The van der Waals surface area contributed by atoms with E-state index in [4.69, 9.17) is 4.74 Å². The maximum absolute atomic E-state index is 12.0. The minimum absolute atomic E-state index is 0.0881. The first-order chi connectivity index (χ1) is 8.57. The van der Waals surface area contributed by atoms with Crippen LogP contribution in [0.1, 0.15) is 33.6 Å². The zero-order valence-corrected chi connectivity index (χ0v) is 11.5. The van der Waals surface area contributed by atoms with Crippen LogP contribution in [0.15, 0.2) is 0 Å². The van der Waals surface area contributed by atoms with Gasteiger partial charge in [0.05, 0.1) is 6.42 Å². The Hall–Kier alpha value is -0.980. The average Bonchev–Trinajstić information content (AvgIpc) is 2.61. The second kappa shape index (κ2) is 5.98. The van der Waals surface area contributed by atoms with Gasteiger partial charge in [0, 0.05) is 25.7 Å². The van der Waals surface area contributed by atoms with Crippen LogP contribution in [-0.4, -0.2) is 48.4 Å². The molecule has 7 heteroatoms. The van der Waals surface area contributed by atoms with E-state index in [1.807, 2.05) is 0 Å². The van der Waals surface area contributed by atoms with E-state index >= 15 is 0 Å². The van der Waals surface area contributed by atoms with E-state index in [0.717, 1.165) is 0 Å². The molecule has 0 aromatic rings. The normalized spacial score (nSPS) is 20.7. The Balaban J connectivity index is 2.28. The third-order valence-corrected chi connectivity index (χ3v) is 2.68. The highest BCUT2D eigenvalue weighted by molar-refractivity contribution is 5.68. The van der Waals surface area contributed by atoms with Crippen LogP contribution in [0.4, 0.5) is 18.0 Å². The van der Waals surface area contributed by atoms with Crippen molar-refractivity contribution in [3.63, 3.8) is 0 Å². The molecule has 0 radical (unpaired) electrons. The highest BCUT2D eigenvalue weighted by Gasteiger charge is 2.31. The SMILES string of the molecule is CC(C)(C)OC(=O)N1CC[C@H](NCCC(F)(F)F)C1. The van der Waals surface area contributed by atoms with Gasteiger partial charge in [-0.05, 0) is 27.2 Å². The molecule has 0 bridgehead atoms. The molecule has 1 rings (SSSR count). The van der Waals surface area contributed by atoms with Crippen LogP contribution in [0.25, 0.3) is 0 Å². The quantitative estimate of drug-likeness (QED) is 0.865. The summed E-state index contributed by atoms with van der Waals surface area (Å²) in [5, 5.41) is 2.82. The highest BCUT2D eigenvalue weighted by Crippen LogP contribution is 2.19. The van der Waals surface area contributed by atoms with Crippen molar-refractivity contribution >= 4 is 6.09 Å². The van der Waals surface area contributed by atoms with Gasteiger partial charge in [-0.25, -0.2) is 4.79 Å². The Kier molecular flexibility index (Phi) is 5.06. The highest BCUT2D eigenvalue weighted by atomic mass is 19.4. The van der Waals surface area contributed by atoms with Crippen molar-refractivity contribution in [1.29, 1.82) is 0 Å². The molecule has 1 N–H and O–H groups in total. The molecule has 19 heavy (non-hydrogen) atoms. The first-order valence-electron chi connectivity index (χ1n) is 6.35. The Bertz CT molecular complexity index is 313. The molecule has 1 fully saturated rings. The van der Waals surface area contributed by atoms with Crippen LogP contribution >= 0.6 is 0 Å². The van der Waals surface area contributed by atoms with Crippen molar-refractivity contribution in [1.82, 2.24) is 10.2 Å². The molecule has 0 aromatic carbocycles. The van der Waals surface area contributed by atoms with Crippen molar-refractivity contribution < 1.29 is 22.7 Å². The third-order valence-electron chi connectivity index (χ3n) is 2.68. The van der Waals surface area contributed by atoms with Gasteiger partial charge >= 0.3 is 12.3 Å². The van der Waals surface area contributed by atoms with E-state index in [9.17, 15) is 18.0 Å². The summed E-state index contributed by atoms with van der Waals surface area (Å²) in [6.45, 7) is 6.13. The monoisotopic (exact) mass is 282 g/mol. The summed E-state index contributed by atoms with van der Waals surface area (Å²) in [6.07, 6.45) is -4.75. The molecule has 1 saturated heterocycles. The van der Waals surface area contributed by atoms with Gasteiger partial charge in [0.25, 0.3) is 0 Å². The maximum Gasteiger partial charge on any atom is 0.410 e. The van der Waals surface area contributed by atoms with Gasteiger partial charge in [-0.1, -0.05) is 0 Å². The number of nitrogens with zero attached hydrogens (tertiary/aromatic N) is 1. The summed E-state index contributed by atoms with van der Waals surface area (Å²) in [5.41, 5.74) is -0.557. The minimum atomic E-state index is -4.14. The number of amides is 1. The van der Waals surface area contributed by atoms with E-state index < -0.39 is 24.3 Å². The minimum Gasteiger partial charge on any atom is -0.444 e. The van der Waals surface area contributed by atoms with Gasteiger partial charge in [0.1, 0.15) is 5.60 Å². The number of alkyl halides is 3. The molecule has 0 spiro atoms. The molecule has 4 nitrogen and oxygen atoms in total. The average molecular weight is 282 g/mol. The van der Waals surface area contributed by atoms with Crippen LogP contribution < -0.4 is 5.32 Å². The van der Waals surface area contributed by atoms with Crippen LogP contribution in [0, 0.1) is 0 Å². The summed E-state index contributed by atoms with van der Waals surface area (Å²) in [5.74, 6) is 0. The number of nitrogens with one attached hydrogen (secondary N) is 1. The maximum atomic E-state index is 12.0. The summed E-state index contributed by atoms with van der Waals surface area (Å²) in [7, 11) is 0. The number of carbonyl (C=O) groups excluding carboxylic acids is 1. The standard InChI is InChI=1S/C12H21F3N2O2/c1-11(2,3)19-10(18)17-7-4-9(8-17)16-6-5-12(13,14)15/h9,16H,4-8H2,1-3H3/t9-/m0/s1. The number of hydrogen-bond acceptors (Lipinski definition) is 3. The van der Waals surface area contributed by atoms with Gasteiger partial charge in [0.15, 0.2) is 0 Å². The molecule has 1 aliphatic rings. The lowest BCUT2D eigenvalue weighted by Crippen LogP contribution is -2.39. The number of halogens is 3. The number of likely N-dealkylation sites (tertiary alicyclic amines) is 1. The summed E-state index contributed by atoms with van der Waals surface area (Å²) < 4.78 is 41.2. The fourth-order valence-corrected chi connectivity index (χ4v) is 1.84. The van der Waals surface area contributed by atoms with E-state index in [-0.39, 0.29) is 12.6 Å². The molecule has 1 heterocycles. The van der Waals surface area contributed by atoms with Crippen molar-refractivity contribution in [2.45, 2.75) is 51.4 Å². The third kappa shape index (κ3) is 6.66. The predicted octanol–water partition coefficient (Wildman–Crippen LogP) is 2.54. The van der Waals surface area contributed by atoms with Crippen molar-refractivity contribution in [2.75, 3.05) is 19.6 Å². The fraction of sp³-hybridized carbons (Fsp3) is 0.917. The second-order valence-electron chi connectivity index (χ2n) is 5.73. The molecule has 1 atom stereocenters. The van der Waals surface area contributed by atoms with Crippen LogP contribution in [0.5, 0.6) is 0 Å². The summed E-state index contributed by atoms with van der Waals surface area (Å²) in [6, 6.07) is -0.0881. The first-order valence-corrected chi connectivity index (χ1v) is 6.35. The fourth-order valence-electron chi connectivity index (χ4n) is 1.84. The Morgan fingerprint density at radius 1 is 1.37 bits per heavy atom. The number of carbonyl (C=O) groups is 1. The van der Waals surface area contributed by atoms with Crippen molar-refractivity contribution in [3.05, 3.63) is 0 Å². The number of hydrogen-bond donors (Lipinski definition) is 1. The van der Waals surface area contributed by atoms with E-state index in [1.54, 1.807) is 20.8 Å². The molecular weight excluding hydrogens is 261 g/mol. The van der Waals surface area contributed by atoms with Crippen LogP contribution in [0.3, 0.4) is 0 Å². The lowest BCUT2D eigenvalue weighted by atomic mass is 10.2. The van der Waals surface area contributed by atoms with Crippen molar-refractivity contribution in [3.8, 4) is 0 Å². The Labute approximate surface area is 111 Å². The molecular formula is C12H21F3N2O2. The van der Waals surface area contributed by atoms with Gasteiger partial charge in [-0.3, -0.25) is 0 Å². The second-order valence-corrected chi connectivity index (χ2v) is 5.73. The van der Waals surface area contributed by atoms with Gasteiger partial charge in [0.2, 0.25) is 0 Å². The van der Waals surface area contributed by atoms with Gasteiger partial charge in [-0.2, -0.15) is 13.2 Å². The zero-order chi connectivity index (χ0) is 14.7. The van der Waals surface area contributed by atoms with Gasteiger partial charge in [-0.15, -0.1) is 0 Å². The molecule has 1 amide bonds. The molecule has 1 aliphatic heterocycles.